The van der Waals surface area contributed by atoms with Crippen LogP contribution in [0.1, 0.15) is 30.0 Å². The molecule has 3 aromatic carbocycles. The van der Waals surface area contributed by atoms with Gasteiger partial charge in [0.2, 0.25) is 11.8 Å². The van der Waals surface area contributed by atoms with Crippen LogP contribution in [-0.4, -0.2) is 49.1 Å². The van der Waals surface area contributed by atoms with Crippen LogP contribution in [0, 0.1) is 0 Å². The highest BCUT2D eigenvalue weighted by Gasteiger charge is 2.50. The zero-order valence-corrected chi connectivity index (χ0v) is 21.1. The first-order valence-corrected chi connectivity index (χ1v) is 12.4. The van der Waals surface area contributed by atoms with Crippen LogP contribution in [-0.2, 0) is 28.9 Å². The van der Waals surface area contributed by atoms with E-state index in [9.17, 15) is 9.59 Å². The number of likely N-dealkylation sites (tertiary alicyclic amines) is 1. The summed E-state index contributed by atoms with van der Waals surface area (Å²) in [6, 6.07) is 25.7. The summed E-state index contributed by atoms with van der Waals surface area (Å²) in [4.78, 5) is 27.3. The molecule has 2 atom stereocenters. The molecule has 1 fully saturated rings. The van der Waals surface area contributed by atoms with Gasteiger partial charge >= 0.3 is 0 Å². The molecule has 0 saturated carbocycles. The number of rotatable bonds is 11. The van der Waals surface area contributed by atoms with Gasteiger partial charge in [0.15, 0.2) is 0 Å². The fraction of sp³-hybridized carbons (Fsp3) is 0.333. The fourth-order valence-electron chi connectivity index (χ4n) is 5.00. The van der Waals surface area contributed by atoms with Crippen molar-refractivity contribution in [1.82, 2.24) is 10.2 Å². The SMILES string of the molecule is COc1ccc(CC(Cc2ccc(OC)cc2)N2C(=O)C(NC(C)=O)C2CCc2ccccc2)cc1. The second-order valence-electron chi connectivity index (χ2n) is 9.27. The summed E-state index contributed by atoms with van der Waals surface area (Å²) in [6.45, 7) is 1.47. The summed E-state index contributed by atoms with van der Waals surface area (Å²) in [5, 5.41) is 2.89. The van der Waals surface area contributed by atoms with E-state index < -0.39 is 6.04 Å². The highest BCUT2D eigenvalue weighted by Crippen LogP contribution is 2.31. The van der Waals surface area contributed by atoms with Gasteiger partial charge in [0.25, 0.3) is 0 Å². The average molecular weight is 487 g/mol. The van der Waals surface area contributed by atoms with Crippen LogP contribution >= 0.6 is 0 Å². The molecule has 0 aliphatic carbocycles. The van der Waals surface area contributed by atoms with Crippen LogP contribution < -0.4 is 14.8 Å². The van der Waals surface area contributed by atoms with E-state index in [4.69, 9.17) is 9.47 Å². The number of methoxy groups -OCH3 is 2. The molecule has 6 nitrogen and oxygen atoms in total. The predicted molar refractivity (Wildman–Crippen MR) is 140 cm³/mol. The van der Waals surface area contributed by atoms with Crippen molar-refractivity contribution in [2.45, 2.75) is 50.7 Å². The molecule has 3 aromatic rings. The van der Waals surface area contributed by atoms with Crippen LogP contribution in [0.4, 0.5) is 0 Å². The second-order valence-corrected chi connectivity index (χ2v) is 9.27. The number of nitrogens with zero attached hydrogens (tertiary/aromatic N) is 1. The number of β-lactam (4-membered cyclic amide) rings is 1. The summed E-state index contributed by atoms with van der Waals surface area (Å²) in [6.07, 6.45) is 3.03. The molecule has 1 heterocycles. The number of ether oxygens (including phenoxy) is 2. The van der Waals surface area contributed by atoms with Crippen LogP contribution in [0.15, 0.2) is 78.9 Å². The molecule has 0 aromatic heterocycles. The van der Waals surface area contributed by atoms with Crippen LogP contribution in [0.25, 0.3) is 0 Å². The Morgan fingerprint density at radius 2 is 1.36 bits per heavy atom. The Kier molecular flexibility index (Phi) is 8.26. The fourth-order valence-corrected chi connectivity index (χ4v) is 5.00. The topological polar surface area (TPSA) is 67.9 Å². The van der Waals surface area contributed by atoms with E-state index in [-0.39, 0.29) is 23.9 Å². The van der Waals surface area contributed by atoms with Crippen molar-refractivity contribution in [3.8, 4) is 11.5 Å². The normalized spacial score (nSPS) is 17.0. The van der Waals surface area contributed by atoms with Gasteiger partial charge in [0.05, 0.1) is 20.3 Å². The molecule has 1 N–H and O–H groups in total. The minimum atomic E-state index is -0.486. The van der Waals surface area contributed by atoms with E-state index in [0.717, 1.165) is 35.5 Å². The van der Waals surface area contributed by atoms with Crippen molar-refractivity contribution in [3.63, 3.8) is 0 Å². The molecule has 2 unspecified atom stereocenters. The lowest BCUT2D eigenvalue weighted by Crippen LogP contribution is -2.73. The summed E-state index contributed by atoms with van der Waals surface area (Å²) in [5.74, 6) is 1.41. The molecule has 0 spiro atoms. The van der Waals surface area contributed by atoms with Gasteiger partial charge in [0, 0.05) is 13.0 Å². The zero-order valence-electron chi connectivity index (χ0n) is 21.1. The lowest BCUT2D eigenvalue weighted by Gasteiger charge is -2.51. The summed E-state index contributed by atoms with van der Waals surface area (Å²) >= 11 is 0. The molecule has 1 aliphatic rings. The Bertz CT molecular complexity index is 1100. The first-order valence-electron chi connectivity index (χ1n) is 12.4. The largest absolute Gasteiger partial charge is 0.497 e. The number of carbonyl (C=O) groups is 2. The zero-order chi connectivity index (χ0) is 25.5. The molecule has 188 valence electrons. The number of hydrogen-bond donors (Lipinski definition) is 1. The maximum Gasteiger partial charge on any atom is 0.247 e. The van der Waals surface area contributed by atoms with Crippen LogP contribution in [0.3, 0.4) is 0 Å². The Morgan fingerprint density at radius 3 is 1.83 bits per heavy atom. The minimum Gasteiger partial charge on any atom is -0.497 e. The van der Waals surface area contributed by atoms with Gasteiger partial charge in [0.1, 0.15) is 17.5 Å². The summed E-state index contributed by atoms with van der Waals surface area (Å²) in [5.41, 5.74) is 3.49. The van der Waals surface area contributed by atoms with Gasteiger partial charge in [-0.3, -0.25) is 9.59 Å². The van der Waals surface area contributed by atoms with Gasteiger partial charge in [-0.15, -0.1) is 0 Å². The Morgan fingerprint density at radius 1 is 0.833 bits per heavy atom. The van der Waals surface area contributed by atoms with Crippen molar-refractivity contribution >= 4 is 11.8 Å². The highest BCUT2D eigenvalue weighted by atomic mass is 16.5. The van der Waals surface area contributed by atoms with Gasteiger partial charge < -0.3 is 19.7 Å². The lowest BCUT2D eigenvalue weighted by atomic mass is 9.84. The van der Waals surface area contributed by atoms with Crippen molar-refractivity contribution in [2.75, 3.05) is 14.2 Å². The molecule has 1 saturated heterocycles. The molecular formula is C30H34N2O4. The molecule has 6 heteroatoms. The minimum absolute atomic E-state index is 0.0183. The third-order valence-electron chi connectivity index (χ3n) is 6.85. The quantitative estimate of drug-likeness (QED) is 0.413. The van der Waals surface area contributed by atoms with Crippen molar-refractivity contribution < 1.29 is 19.1 Å². The molecule has 4 rings (SSSR count). The standard InChI is InChI=1S/C30H34N2O4/c1-21(33)31-29-28(18-13-22-7-5-4-6-8-22)32(30(29)34)25(19-23-9-14-26(35-2)15-10-23)20-24-11-16-27(36-3)17-12-24/h4-12,14-17,25,28-29H,13,18-20H2,1-3H3,(H,31,33). The Hall–Kier alpha value is -3.80. The number of aryl methyl sites for hydroxylation is 1. The summed E-state index contributed by atoms with van der Waals surface area (Å²) < 4.78 is 10.6. The molecule has 0 bridgehead atoms. The van der Waals surface area contributed by atoms with Gasteiger partial charge in [-0.2, -0.15) is 0 Å². The van der Waals surface area contributed by atoms with Gasteiger partial charge in [-0.05, 0) is 66.6 Å². The monoisotopic (exact) mass is 486 g/mol. The number of nitrogens with one attached hydrogen (secondary N) is 1. The van der Waals surface area contributed by atoms with Crippen LogP contribution in [0.5, 0.6) is 11.5 Å². The first-order chi connectivity index (χ1) is 17.5. The highest BCUT2D eigenvalue weighted by molar-refractivity contribution is 5.93. The van der Waals surface area contributed by atoms with Crippen LogP contribution in [0.2, 0.25) is 0 Å². The molecule has 1 aliphatic heterocycles. The van der Waals surface area contributed by atoms with Gasteiger partial charge in [-0.1, -0.05) is 54.6 Å². The maximum atomic E-state index is 13.4. The Balaban J connectivity index is 1.59. The molecule has 36 heavy (non-hydrogen) atoms. The van der Waals surface area contributed by atoms with E-state index in [2.05, 4.69) is 17.4 Å². The van der Waals surface area contributed by atoms with Gasteiger partial charge in [-0.25, -0.2) is 0 Å². The predicted octanol–water partition coefficient (Wildman–Crippen LogP) is 4.21. The van der Waals surface area contributed by atoms with Crippen molar-refractivity contribution in [1.29, 1.82) is 0 Å². The molecular weight excluding hydrogens is 452 g/mol. The third-order valence-corrected chi connectivity index (χ3v) is 6.85. The smallest absolute Gasteiger partial charge is 0.247 e. The van der Waals surface area contributed by atoms with E-state index in [1.807, 2.05) is 71.6 Å². The molecule has 0 radical (unpaired) electrons. The van der Waals surface area contributed by atoms with Crippen molar-refractivity contribution in [3.05, 3.63) is 95.6 Å². The van der Waals surface area contributed by atoms with E-state index in [0.29, 0.717) is 12.8 Å². The van der Waals surface area contributed by atoms with E-state index in [1.165, 1.54) is 12.5 Å². The average Bonchev–Trinajstić information content (AvgIpc) is 2.90. The summed E-state index contributed by atoms with van der Waals surface area (Å²) in [7, 11) is 3.30. The van der Waals surface area contributed by atoms with E-state index in [1.54, 1.807) is 14.2 Å². The number of benzene rings is 3. The maximum absolute atomic E-state index is 13.4. The second kappa shape index (κ2) is 11.8. The Labute approximate surface area is 213 Å². The first kappa shape index (κ1) is 25.3. The lowest BCUT2D eigenvalue weighted by molar-refractivity contribution is -0.158. The number of amides is 2. The van der Waals surface area contributed by atoms with Crippen molar-refractivity contribution in [2.24, 2.45) is 0 Å². The molecule has 2 amide bonds. The third kappa shape index (κ3) is 6.06. The number of carbonyl (C=O) groups excluding carboxylic acids is 2. The number of hydrogen-bond acceptors (Lipinski definition) is 4. The van der Waals surface area contributed by atoms with E-state index >= 15 is 0 Å².